The number of amides is 2. The van der Waals surface area contributed by atoms with Gasteiger partial charge in [0.1, 0.15) is 12.6 Å². The molecule has 0 radical (unpaired) electrons. The second kappa shape index (κ2) is 10.5. The van der Waals surface area contributed by atoms with Crippen LogP contribution < -0.4 is 16.4 Å². The summed E-state index contributed by atoms with van der Waals surface area (Å²) in [6.45, 7) is 4.02. The van der Waals surface area contributed by atoms with Crippen LogP contribution in [0.4, 0.5) is 0 Å². The Hall–Kier alpha value is -2.41. The highest BCUT2D eigenvalue weighted by Gasteiger charge is 2.25. The standard InChI is InChI=1S/C18H27N3O4/c1-12(2)9-15(18(24)20-3)21-17(23)14(19)10-16(22)25-11-13-7-5-4-6-8-13/h4-8,12,14-15H,9-11,19H2,1-3H3,(H,20,24)(H,21,23)/t14-,15?/m0/s1. The van der Waals surface area contributed by atoms with Gasteiger partial charge in [0.2, 0.25) is 11.8 Å². The molecule has 25 heavy (non-hydrogen) atoms. The van der Waals surface area contributed by atoms with Crippen LogP contribution in [0.3, 0.4) is 0 Å². The van der Waals surface area contributed by atoms with E-state index >= 15 is 0 Å². The van der Waals surface area contributed by atoms with Crippen molar-refractivity contribution in [2.75, 3.05) is 7.05 Å². The van der Waals surface area contributed by atoms with Crippen LogP contribution in [0, 0.1) is 5.92 Å². The summed E-state index contributed by atoms with van der Waals surface area (Å²) in [5.41, 5.74) is 6.62. The maximum Gasteiger partial charge on any atom is 0.308 e. The van der Waals surface area contributed by atoms with Gasteiger partial charge in [-0.3, -0.25) is 14.4 Å². The molecule has 0 aliphatic heterocycles. The first-order chi connectivity index (χ1) is 11.8. The van der Waals surface area contributed by atoms with Crippen molar-refractivity contribution in [3.8, 4) is 0 Å². The molecule has 0 aliphatic rings. The number of nitrogens with two attached hydrogens (primary N) is 1. The van der Waals surface area contributed by atoms with Crippen molar-refractivity contribution in [3.63, 3.8) is 0 Å². The van der Waals surface area contributed by atoms with E-state index in [1.54, 1.807) is 0 Å². The van der Waals surface area contributed by atoms with Crippen LogP contribution in [-0.4, -0.2) is 36.9 Å². The lowest BCUT2D eigenvalue weighted by Crippen LogP contribution is -2.52. The molecule has 1 rings (SSSR count). The van der Waals surface area contributed by atoms with E-state index in [1.165, 1.54) is 7.05 Å². The Morgan fingerprint density at radius 3 is 2.32 bits per heavy atom. The van der Waals surface area contributed by atoms with Gasteiger partial charge in [0.15, 0.2) is 0 Å². The third kappa shape index (κ3) is 7.80. The van der Waals surface area contributed by atoms with Gasteiger partial charge in [-0.25, -0.2) is 0 Å². The van der Waals surface area contributed by atoms with Crippen molar-refractivity contribution >= 4 is 17.8 Å². The topological polar surface area (TPSA) is 111 Å². The largest absolute Gasteiger partial charge is 0.461 e. The lowest BCUT2D eigenvalue weighted by atomic mass is 10.0. The summed E-state index contributed by atoms with van der Waals surface area (Å²) in [5.74, 6) is -1.19. The minimum Gasteiger partial charge on any atom is -0.461 e. The van der Waals surface area contributed by atoms with Crippen LogP contribution in [0.15, 0.2) is 30.3 Å². The Morgan fingerprint density at radius 1 is 1.12 bits per heavy atom. The zero-order valence-electron chi connectivity index (χ0n) is 15.0. The molecule has 0 saturated heterocycles. The zero-order valence-corrected chi connectivity index (χ0v) is 15.0. The number of ether oxygens (including phenoxy) is 1. The number of hydrogen-bond acceptors (Lipinski definition) is 5. The normalized spacial score (nSPS) is 13.0. The molecule has 4 N–H and O–H groups in total. The van der Waals surface area contributed by atoms with E-state index in [0.29, 0.717) is 6.42 Å². The lowest BCUT2D eigenvalue weighted by molar-refractivity contribution is -0.146. The first-order valence-corrected chi connectivity index (χ1v) is 8.30. The van der Waals surface area contributed by atoms with Gasteiger partial charge in [0, 0.05) is 7.05 Å². The molecule has 0 saturated carbocycles. The summed E-state index contributed by atoms with van der Waals surface area (Å²) in [4.78, 5) is 35.8. The summed E-state index contributed by atoms with van der Waals surface area (Å²) >= 11 is 0. The lowest BCUT2D eigenvalue weighted by Gasteiger charge is -2.21. The number of hydrogen-bond donors (Lipinski definition) is 3. The van der Waals surface area contributed by atoms with Crippen LogP contribution >= 0.6 is 0 Å². The van der Waals surface area contributed by atoms with Gasteiger partial charge in [-0.15, -0.1) is 0 Å². The van der Waals surface area contributed by atoms with Crippen LogP contribution in [0.5, 0.6) is 0 Å². The van der Waals surface area contributed by atoms with Crippen molar-refractivity contribution in [1.29, 1.82) is 0 Å². The van der Waals surface area contributed by atoms with Crippen LogP contribution in [0.25, 0.3) is 0 Å². The molecule has 0 aromatic heterocycles. The number of benzene rings is 1. The van der Waals surface area contributed by atoms with Crippen molar-refractivity contribution in [2.24, 2.45) is 11.7 Å². The van der Waals surface area contributed by atoms with Gasteiger partial charge >= 0.3 is 5.97 Å². The van der Waals surface area contributed by atoms with Gasteiger partial charge in [-0.05, 0) is 17.9 Å². The molecule has 0 fully saturated rings. The van der Waals surface area contributed by atoms with Crippen molar-refractivity contribution in [2.45, 2.75) is 45.4 Å². The fraction of sp³-hybridized carbons (Fsp3) is 0.500. The van der Waals surface area contributed by atoms with E-state index in [0.717, 1.165) is 5.56 Å². The van der Waals surface area contributed by atoms with E-state index in [4.69, 9.17) is 10.5 Å². The molecular formula is C18H27N3O4. The molecule has 1 aromatic carbocycles. The van der Waals surface area contributed by atoms with Gasteiger partial charge in [0.05, 0.1) is 12.5 Å². The number of nitrogens with one attached hydrogen (secondary N) is 2. The maximum atomic E-state index is 12.1. The second-order valence-corrected chi connectivity index (χ2v) is 6.26. The molecule has 2 atom stereocenters. The fourth-order valence-electron chi connectivity index (χ4n) is 2.23. The maximum absolute atomic E-state index is 12.1. The summed E-state index contributed by atoms with van der Waals surface area (Å²) < 4.78 is 5.11. The average molecular weight is 349 g/mol. The van der Waals surface area contributed by atoms with Gasteiger partial charge < -0.3 is 21.1 Å². The van der Waals surface area contributed by atoms with Crippen molar-refractivity contribution in [3.05, 3.63) is 35.9 Å². The number of likely N-dealkylation sites (N-methyl/N-ethyl adjacent to an activating group) is 1. The second-order valence-electron chi connectivity index (χ2n) is 6.26. The zero-order chi connectivity index (χ0) is 18.8. The van der Waals surface area contributed by atoms with E-state index in [2.05, 4.69) is 10.6 Å². The smallest absolute Gasteiger partial charge is 0.308 e. The number of rotatable bonds is 9. The van der Waals surface area contributed by atoms with E-state index < -0.39 is 24.0 Å². The van der Waals surface area contributed by atoms with E-state index in [1.807, 2.05) is 44.2 Å². The molecule has 0 aliphatic carbocycles. The van der Waals surface area contributed by atoms with Crippen LogP contribution in [0.1, 0.15) is 32.3 Å². The predicted octanol–water partition coefficient (Wildman–Crippen LogP) is 0.724. The minimum atomic E-state index is -1.07. The highest BCUT2D eigenvalue weighted by molar-refractivity contribution is 5.91. The SMILES string of the molecule is CNC(=O)C(CC(C)C)NC(=O)[C@@H](N)CC(=O)OCc1ccccc1. The molecule has 7 nitrogen and oxygen atoms in total. The highest BCUT2D eigenvalue weighted by atomic mass is 16.5. The monoisotopic (exact) mass is 349 g/mol. The quantitative estimate of drug-likeness (QED) is 0.569. The van der Waals surface area contributed by atoms with E-state index in [-0.39, 0.29) is 24.9 Å². The number of esters is 1. The number of carbonyl (C=O) groups is 3. The number of carbonyl (C=O) groups excluding carboxylic acids is 3. The van der Waals surface area contributed by atoms with E-state index in [9.17, 15) is 14.4 Å². The Labute approximate surface area is 148 Å². The third-order valence-corrected chi connectivity index (χ3v) is 3.55. The highest BCUT2D eigenvalue weighted by Crippen LogP contribution is 2.06. The average Bonchev–Trinajstić information content (AvgIpc) is 2.59. The minimum absolute atomic E-state index is 0.127. The Bertz CT molecular complexity index is 575. The molecule has 138 valence electrons. The Balaban J connectivity index is 2.48. The first kappa shape index (κ1) is 20.6. The summed E-state index contributed by atoms with van der Waals surface area (Å²) in [5, 5.41) is 5.10. The van der Waals surface area contributed by atoms with Crippen molar-refractivity contribution in [1.82, 2.24) is 10.6 Å². The van der Waals surface area contributed by atoms with Gasteiger partial charge in [-0.2, -0.15) is 0 Å². The van der Waals surface area contributed by atoms with Crippen LogP contribution in [-0.2, 0) is 25.7 Å². The van der Waals surface area contributed by atoms with Gasteiger partial charge in [0.25, 0.3) is 0 Å². The molecule has 0 bridgehead atoms. The molecule has 0 heterocycles. The molecule has 2 amide bonds. The molecule has 1 unspecified atom stereocenters. The Morgan fingerprint density at radius 2 is 1.76 bits per heavy atom. The molecule has 7 heteroatoms. The predicted molar refractivity (Wildman–Crippen MR) is 94.3 cm³/mol. The molecule has 1 aromatic rings. The van der Waals surface area contributed by atoms with Gasteiger partial charge in [-0.1, -0.05) is 44.2 Å². The fourth-order valence-corrected chi connectivity index (χ4v) is 2.23. The Kier molecular flexibility index (Phi) is 8.63. The third-order valence-electron chi connectivity index (χ3n) is 3.55. The summed E-state index contributed by atoms with van der Waals surface area (Å²) in [7, 11) is 1.50. The molecular weight excluding hydrogens is 322 g/mol. The summed E-state index contributed by atoms with van der Waals surface area (Å²) in [6.07, 6.45) is 0.234. The first-order valence-electron chi connectivity index (χ1n) is 8.30. The molecule has 0 spiro atoms. The van der Waals surface area contributed by atoms with Crippen LogP contribution in [0.2, 0.25) is 0 Å². The summed E-state index contributed by atoms with van der Waals surface area (Å²) in [6, 6.07) is 7.48. The van der Waals surface area contributed by atoms with Crippen molar-refractivity contribution < 1.29 is 19.1 Å².